The summed E-state index contributed by atoms with van der Waals surface area (Å²) in [5.74, 6) is -8.80. The second-order valence-electron chi connectivity index (χ2n) is 15.5. The predicted molar refractivity (Wildman–Crippen MR) is 175 cm³/mol. The summed E-state index contributed by atoms with van der Waals surface area (Å²) in [7, 11) is 0. The minimum Gasteiger partial charge on any atom is -0.542 e. The first-order chi connectivity index (χ1) is 24.0. The van der Waals surface area contributed by atoms with E-state index in [2.05, 4.69) is 41.5 Å². The molecule has 0 unspecified atom stereocenters. The molecule has 0 atom stereocenters. The quantitative estimate of drug-likeness (QED) is 0.288. The maximum absolute atomic E-state index is 11.0. The second-order valence-corrected chi connectivity index (χ2v) is 15.5. The van der Waals surface area contributed by atoms with Crippen LogP contribution in [0.15, 0.2) is 24.3 Å². The first kappa shape index (κ1) is 58.4. The van der Waals surface area contributed by atoms with E-state index in [1.807, 2.05) is 53.7 Å². The Bertz CT molecular complexity index is 1500. The van der Waals surface area contributed by atoms with Crippen LogP contribution < -0.4 is 15.3 Å². The van der Waals surface area contributed by atoms with Crippen LogP contribution in [-0.2, 0) is 52.8 Å². The van der Waals surface area contributed by atoms with Gasteiger partial charge in [0, 0.05) is 11.1 Å². The molecule has 0 amide bonds. The van der Waals surface area contributed by atoms with Gasteiger partial charge in [-0.05, 0) is 44.9 Å². The first-order valence-electron chi connectivity index (χ1n) is 15.5. The Morgan fingerprint density at radius 3 is 0.750 bits per heavy atom. The van der Waals surface area contributed by atoms with Crippen LogP contribution in [0.3, 0.4) is 0 Å². The van der Waals surface area contributed by atoms with E-state index < -0.39 is 36.4 Å². The number of phenolic OH excluding ortho intramolecular Hbond substituents is 2. The molecule has 0 spiro atoms. The number of rotatable bonds is 2. The zero-order valence-electron chi connectivity index (χ0n) is 32.4. The Labute approximate surface area is 328 Å². The fourth-order valence-electron chi connectivity index (χ4n) is 3.50. The Morgan fingerprint density at radius 1 is 0.464 bits per heavy atom. The van der Waals surface area contributed by atoms with E-state index >= 15 is 0 Å². The molecule has 0 bridgehead atoms. The smallest absolute Gasteiger partial charge is 0.542 e. The molecule has 0 heterocycles. The van der Waals surface area contributed by atoms with Crippen LogP contribution in [0.25, 0.3) is 0 Å². The summed E-state index contributed by atoms with van der Waals surface area (Å²) in [5.41, 5.74) is 4.12. The van der Waals surface area contributed by atoms with E-state index in [0.717, 1.165) is 34.8 Å². The molecule has 0 fully saturated rings. The number of carboxylic acids is 3. The number of carbonyl (C=O) groups is 5. The van der Waals surface area contributed by atoms with Crippen molar-refractivity contribution in [2.24, 2.45) is 0 Å². The molecule has 0 saturated heterocycles. The van der Waals surface area contributed by atoms with Crippen LogP contribution in [0.5, 0.6) is 11.5 Å². The molecule has 0 aliphatic carbocycles. The van der Waals surface area contributed by atoms with Crippen molar-refractivity contribution in [1.29, 1.82) is 0 Å². The van der Waals surface area contributed by atoms with Crippen LogP contribution in [0.4, 0.5) is 39.5 Å². The largest absolute Gasteiger partial charge is 3.00 e. The molecule has 10 nitrogen and oxygen atoms in total. The standard InChI is InChI=1S/2C15H22O2.3C2HF3O2.Co/c2*1-14(2,3)11-7-10(9-16)13(17)12(8-11)15(4,5)6;3*3-2(4,5)1(6)7;/h2*7-9,17H,1-6H3;3*(H,6,7);/q;;;;;+3/p-3. The average Bonchev–Trinajstić information content (AvgIpc) is 2.94. The third-order valence-electron chi connectivity index (χ3n) is 6.58. The number of aliphatic carboxylic acids is 3. The number of alkyl halides is 9. The van der Waals surface area contributed by atoms with Gasteiger partial charge < -0.3 is 39.9 Å². The third kappa shape index (κ3) is 21.7. The summed E-state index contributed by atoms with van der Waals surface area (Å²) in [6.07, 6.45) is -14.1. The fraction of sp³-hybridized carbons (Fsp3) is 0.528. The van der Waals surface area contributed by atoms with Gasteiger partial charge in [0.05, 0.1) is 11.1 Å². The molecule has 320 valence electrons. The fourth-order valence-corrected chi connectivity index (χ4v) is 3.50. The predicted octanol–water partition coefficient (Wildman–Crippen LogP) is 5.49. The molecule has 2 aromatic carbocycles. The number of hydrogen-bond donors (Lipinski definition) is 2. The molecule has 2 aromatic rings. The molecule has 0 aliphatic rings. The van der Waals surface area contributed by atoms with E-state index in [0.29, 0.717) is 11.1 Å². The van der Waals surface area contributed by atoms with Crippen molar-refractivity contribution in [2.75, 3.05) is 0 Å². The number of phenols is 2. The van der Waals surface area contributed by atoms with Crippen molar-refractivity contribution in [2.45, 2.75) is 123 Å². The molecule has 2 rings (SSSR count). The molecule has 20 heteroatoms. The van der Waals surface area contributed by atoms with Gasteiger partial charge in [0.1, 0.15) is 29.4 Å². The second kappa shape index (κ2) is 21.3. The van der Waals surface area contributed by atoms with Gasteiger partial charge in [-0.25, -0.2) is 0 Å². The van der Waals surface area contributed by atoms with Crippen molar-refractivity contribution < 1.29 is 106 Å². The summed E-state index contributed by atoms with van der Waals surface area (Å²) in [6, 6.07) is 7.56. The number of aromatic hydroxyl groups is 2. The number of aldehydes is 2. The summed E-state index contributed by atoms with van der Waals surface area (Å²) in [4.78, 5) is 48.4. The zero-order chi connectivity index (χ0) is 45.1. The zero-order valence-corrected chi connectivity index (χ0v) is 33.4. The number of hydrogen-bond acceptors (Lipinski definition) is 10. The molecule has 2 N–H and O–H groups in total. The molecular formula is C36H44CoF9O10. The Kier molecular flexibility index (Phi) is 22.2. The van der Waals surface area contributed by atoms with Crippen LogP contribution >= 0.6 is 0 Å². The van der Waals surface area contributed by atoms with Gasteiger partial charge in [-0.15, -0.1) is 0 Å². The van der Waals surface area contributed by atoms with Gasteiger partial charge >= 0.3 is 35.3 Å². The van der Waals surface area contributed by atoms with E-state index in [9.17, 15) is 59.3 Å². The average molecular weight is 867 g/mol. The topological polar surface area (TPSA) is 195 Å². The van der Waals surface area contributed by atoms with Crippen molar-refractivity contribution in [3.05, 3.63) is 57.6 Å². The van der Waals surface area contributed by atoms with Crippen LogP contribution in [0.1, 0.15) is 126 Å². The first-order valence-corrected chi connectivity index (χ1v) is 15.5. The van der Waals surface area contributed by atoms with Crippen LogP contribution in [0.2, 0.25) is 0 Å². The maximum Gasteiger partial charge on any atom is 3.00 e. The molecule has 0 saturated carbocycles. The Balaban J connectivity index is -0.000000322. The Morgan fingerprint density at radius 2 is 0.643 bits per heavy atom. The van der Waals surface area contributed by atoms with Crippen molar-refractivity contribution >= 4 is 30.5 Å². The van der Waals surface area contributed by atoms with Gasteiger partial charge in [0.25, 0.3) is 0 Å². The third-order valence-corrected chi connectivity index (χ3v) is 6.58. The van der Waals surface area contributed by atoms with Crippen molar-refractivity contribution in [3.63, 3.8) is 0 Å². The molecular weight excluding hydrogens is 822 g/mol. The number of benzene rings is 2. The Hall–Kier alpha value is -4.33. The van der Waals surface area contributed by atoms with Crippen LogP contribution in [0, 0.1) is 0 Å². The minimum atomic E-state index is -5.19. The number of halogens is 9. The van der Waals surface area contributed by atoms with Gasteiger partial charge in [0.2, 0.25) is 0 Å². The van der Waals surface area contributed by atoms with Gasteiger partial charge in [-0.3, -0.25) is 9.59 Å². The molecule has 0 radical (unpaired) electrons. The van der Waals surface area contributed by atoms with E-state index in [4.69, 9.17) is 29.7 Å². The van der Waals surface area contributed by atoms with Crippen molar-refractivity contribution in [3.8, 4) is 11.5 Å². The van der Waals surface area contributed by atoms with Crippen LogP contribution in [-0.4, -0.2) is 59.2 Å². The minimum absolute atomic E-state index is 0. The summed E-state index contributed by atoms with van der Waals surface area (Å²) >= 11 is 0. The van der Waals surface area contributed by atoms with Gasteiger partial charge in [-0.1, -0.05) is 95.2 Å². The van der Waals surface area contributed by atoms with Crippen molar-refractivity contribution in [1.82, 2.24) is 0 Å². The van der Waals surface area contributed by atoms with E-state index in [1.165, 1.54) is 0 Å². The van der Waals surface area contributed by atoms with E-state index in [1.54, 1.807) is 12.1 Å². The number of carbonyl (C=O) groups excluding carboxylic acids is 5. The van der Waals surface area contributed by atoms with Gasteiger partial charge in [-0.2, -0.15) is 39.5 Å². The SMILES string of the molecule is CC(C)(C)c1cc(C=O)c(O)c(C(C)(C)C)c1.CC(C)(C)c1cc(C=O)c(O)c(C(C)(C)C)c1.O=C([O-])C(F)(F)F.O=C([O-])C(F)(F)F.O=C([O-])C(F)(F)F.[Co+3]. The number of carboxylic acid groups (broad SMARTS) is 3. The summed E-state index contributed by atoms with van der Waals surface area (Å²) < 4.78 is 94.6. The van der Waals surface area contributed by atoms with E-state index in [-0.39, 0.29) is 49.9 Å². The summed E-state index contributed by atoms with van der Waals surface area (Å²) in [6.45, 7) is 24.8. The molecule has 0 aliphatic heterocycles. The normalized spacial score (nSPS) is 11.9. The summed E-state index contributed by atoms with van der Waals surface area (Å²) in [5, 5.41) is 46.5. The maximum atomic E-state index is 11.0. The van der Waals surface area contributed by atoms with Gasteiger partial charge in [0.15, 0.2) is 12.6 Å². The molecule has 0 aromatic heterocycles. The monoisotopic (exact) mass is 866 g/mol. The molecule has 56 heavy (non-hydrogen) atoms.